The van der Waals surface area contributed by atoms with E-state index in [1.165, 1.54) is 19.2 Å². The van der Waals surface area contributed by atoms with E-state index in [0.29, 0.717) is 11.5 Å². The normalized spacial score (nSPS) is 14.1. The fourth-order valence-corrected chi connectivity index (χ4v) is 2.91. The molecule has 3 aromatic rings. The number of rotatable bonds is 3. The van der Waals surface area contributed by atoms with Crippen LogP contribution in [0.25, 0.3) is 10.9 Å². The molecule has 1 aliphatic heterocycles. The number of carbonyl (C=O) groups is 1. The van der Waals surface area contributed by atoms with Gasteiger partial charge in [0.25, 0.3) is 5.91 Å². The molecule has 120 valence electrons. The molecular weight excluding hydrogens is 302 g/mol. The number of nitrogens with zero attached hydrogens (tertiary/aromatic N) is 4. The molecular formula is C18H17N5O. The Hall–Kier alpha value is -3.02. The summed E-state index contributed by atoms with van der Waals surface area (Å²) < 4.78 is 0. The van der Waals surface area contributed by atoms with Gasteiger partial charge in [-0.3, -0.25) is 4.79 Å². The van der Waals surface area contributed by atoms with Crippen molar-refractivity contribution in [3.05, 3.63) is 54.5 Å². The zero-order valence-corrected chi connectivity index (χ0v) is 13.1. The maximum absolute atomic E-state index is 12.4. The van der Waals surface area contributed by atoms with Crippen LogP contribution >= 0.6 is 0 Å². The van der Waals surface area contributed by atoms with E-state index in [9.17, 15) is 4.79 Å². The van der Waals surface area contributed by atoms with Crippen LogP contribution in [0.3, 0.4) is 0 Å². The van der Waals surface area contributed by atoms with Crippen molar-refractivity contribution < 1.29 is 4.79 Å². The van der Waals surface area contributed by atoms with Crippen LogP contribution in [-0.4, -0.2) is 33.9 Å². The van der Waals surface area contributed by atoms with Crippen molar-refractivity contribution in [2.45, 2.75) is 12.8 Å². The summed E-state index contributed by atoms with van der Waals surface area (Å²) in [5, 5.41) is 3.81. The van der Waals surface area contributed by atoms with E-state index in [4.69, 9.17) is 0 Å². The average Bonchev–Trinajstić information content (AvgIpc) is 3.16. The first-order chi connectivity index (χ1) is 11.8. The number of fused-ring (bicyclic) bond motifs is 1. The quantitative estimate of drug-likeness (QED) is 0.804. The van der Waals surface area contributed by atoms with Crippen molar-refractivity contribution in [3.63, 3.8) is 0 Å². The van der Waals surface area contributed by atoms with Crippen molar-refractivity contribution in [1.82, 2.24) is 15.0 Å². The highest BCUT2D eigenvalue weighted by molar-refractivity contribution is 6.03. The Morgan fingerprint density at radius 3 is 2.75 bits per heavy atom. The van der Waals surface area contributed by atoms with Gasteiger partial charge in [0.15, 0.2) is 0 Å². The number of amides is 1. The first-order valence-corrected chi connectivity index (χ1v) is 8.04. The summed E-state index contributed by atoms with van der Waals surface area (Å²) in [5.41, 5.74) is 1.17. The second-order valence-electron chi connectivity index (χ2n) is 5.80. The van der Waals surface area contributed by atoms with E-state index in [0.717, 1.165) is 29.8 Å². The molecule has 0 atom stereocenters. The molecule has 3 heterocycles. The molecule has 1 saturated heterocycles. The van der Waals surface area contributed by atoms with Crippen LogP contribution in [-0.2, 0) is 0 Å². The molecule has 1 amide bonds. The van der Waals surface area contributed by atoms with Crippen molar-refractivity contribution in [3.8, 4) is 0 Å². The van der Waals surface area contributed by atoms with Crippen LogP contribution in [0.2, 0.25) is 0 Å². The summed E-state index contributed by atoms with van der Waals surface area (Å²) in [5.74, 6) is 1.07. The van der Waals surface area contributed by atoms with Gasteiger partial charge in [-0.2, -0.15) is 0 Å². The van der Waals surface area contributed by atoms with Gasteiger partial charge in [0, 0.05) is 24.5 Å². The highest BCUT2D eigenvalue weighted by Gasteiger charge is 2.15. The first kappa shape index (κ1) is 14.6. The van der Waals surface area contributed by atoms with Crippen LogP contribution in [0.15, 0.2) is 48.8 Å². The fraction of sp³-hybridized carbons (Fsp3) is 0.222. The molecule has 24 heavy (non-hydrogen) atoms. The van der Waals surface area contributed by atoms with Gasteiger partial charge in [0.2, 0.25) is 0 Å². The van der Waals surface area contributed by atoms with Crippen LogP contribution in [0.1, 0.15) is 23.3 Å². The Morgan fingerprint density at radius 2 is 1.88 bits per heavy atom. The minimum absolute atomic E-state index is 0.271. The first-order valence-electron chi connectivity index (χ1n) is 8.04. The number of hydrogen-bond acceptors (Lipinski definition) is 5. The molecule has 0 saturated carbocycles. The summed E-state index contributed by atoms with van der Waals surface area (Å²) in [6.45, 7) is 1.99. The summed E-state index contributed by atoms with van der Waals surface area (Å²) in [6, 6.07) is 13.1. The Morgan fingerprint density at radius 1 is 1.04 bits per heavy atom. The molecule has 0 unspecified atom stereocenters. The zero-order chi connectivity index (χ0) is 16.4. The van der Waals surface area contributed by atoms with E-state index in [1.807, 2.05) is 36.4 Å². The lowest BCUT2D eigenvalue weighted by molar-refractivity contribution is 0.102. The molecule has 1 N–H and O–H groups in total. The highest BCUT2D eigenvalue weighted by Crippen LogP contribution is 2.19. The molecule has 0 radical (unpaired) electrons. The Balaban J connectivity index is 1.55. The van der Waals surface area contributed by atoms with Gasteiger partial charge < -0.3 is 10.2 Å². The third-order valence-corrected chi connectivity index (χ3v) is 4.16. The maximum atomic E-state index is 12.4. The lowest BCUT2D eigenvalue weighted by Crippen LogP contribution is -2.20. The number of aromatic nitrogens is 3. The smallest absolute Gasteiger partial charge is 0.275 e. The molecule has 2 aromatic heterocycles. The van der Waals surface area contributed by atoms with Gasteiger partial charge in [-0.1, -0.05) is 24.3 Å². The predicted octanol–water partition coefficient (Wildman–Crippen LogP) is 2.88. The van der Waals surface area contributed by atoms with Gasteiger partial charge in [-0.05, 0) is 25.0 Å². The minimum atomic E-state index is -0.271. The lowest BCUT2D eigenvalue weighted by atomic mass is 10.2. The molecule has 4 rings (SSSR count). The monoisotopic (exact) mass is 319 g/mol. The third-order valence-electron chi connectivity index (χ3n) is 4.16. The minimum Gasteiger partial charge on any atom is -0.356 e. The standard InChI is InChI=1S/C18H17N5O/c24-18(15-8-7-13-5-1-2-6-14(13)21-15)22-16-11-17(20-12-19-16)23-9-3-4-10-23/h1-2,5-8,11-12H,3-4,9-10H2,(H,19,20,22,24). The number of nitrogens with one attached hydrogen (secondary N) is 1. The molecule has 1 fully saturated rings. The fourth-order valence-electron chi connectivity index (χ4n) is 2.91. The van der Waals surface area contributed by atoms with E-state index in [1.54, 1.807) is 6.07 Å². The molecule has 0 spiro atoms. The van der Waals surface area contributed by atoms with Gasteiger partial charge in [-0.25, -0.2) is 15.0 Å². The van der Waals surface area contributed by atoms with Gasteiger partial charge in [0.05, 0.1) is 5.52 Å². The summed E-state index contributed by atoms with van der Waals surface area (Å²) >= 11 is 0. The SMILES string of the molecule is O=C(Nc1cc(N2CCCC2)ncn1)c1ccc2ccccc2n1. The van der Waals surface area contributed by atoms with Crippen molar-refractivity contribution in [2.75, 3.05) is 23.3 Å². The molecule has 0 bridgehead atoms. The number of para-hydroxylation sites is 1. The number of pyridine rings is 1. The summed E-state index contributed by atoms with van der Waals surface area (Å²) in [6.07, 6.45) is 3.83. The zero-order valence-electron chi connectivity index (χ0n) is 13.1. The van der Waals surface area contributed by atoms with Gasteiger partial charge in [0.1, 0.15) is 23.7 Å². The molecule has 1 aromatic carbocycles. The largest absolute Gasteiger partial charge is 0.356 e. The van der Waals surface area contributed by atoms with Crippen molar-refractivity contribution in [1.29, 1.82) is 0 Å². The number of carbonyl (C=O) groups excluding carboxylic acids is 1. The van der Waals surface area contributed by atoms with E-state index in [-0.39, 0.29) is 5.91 Å². The second kappa shape index (κ2) is 6.23. The molecule has 6 heteroatoms. The van der Waals surface area contributed by atoms with E-state index < -0.39 is 0 Å². The number of benzene rings is 1. The third kappa shape index (κ3) is 2.90. The topological polar surface area (TPSA) is 71.0 Å². The molecule has 0 aliphatic carbocycles. The lowest BCUT2D eigenvalue weighted by Gasteiger charge is -2.16. The van der Waals surface area contributed by atoms with E-state index in [2.05, 4.69) is 25.2 Å². The second-order valence-corrected chi connectivity index (χ2v) is 5.80. The van der Waals surface area contributed by atoms with Crippen molar-refractivity contribution in [2.24, 2.45) is 0 Å². The average molecular weight is 319 g/mol. The Labute approximate surface area is 139 Å². The summed E-state index contributed by atoms with van der Waals surface area (Å²) in [7, 11) is 0. The van der Waals surface area contributed by atoms with Crippen molar-refractivity contribution >= 4 is 28.4 Å². The van der Waals surface area contributed by atoms with Crippen LogP contribution in [0, 0.1) is 0 Å². The number of hydrogen-bond donors (Lipinski definition) is 1. The Kier molecular flexibility index (Phi) is 3.78. The van der Waals surface area contributed by atoms with Crippen LogP contribution in [0.4, 0.5) is 11.6 Å². The molecule has 1 aliphatic rings. The van der Waals surface area contributed by atoms with Crippen LogP contribution < -0.4 is 10.2 Å². The summed E-state index contributed by atoms with van der Waals surface area (Å²) in [4.78, 5) is 27.5. The van der Waals surface area contributed by atoms with Gasteiger partial charge >= 0.3 is 0 Å². The van der Waals surface area contributed by atoms with Gasteiger partial charge in [-0.15, -0.1) is 0 Å². The number of anilines is 2. The van der Waals surface area contributed by atoms with E-state index >= 15 is 0 Å². The predicted molar refractivity (Wildman–Crippen MR) is 93.2 cm³/mol. The highest BCUT2D eigenvalue weighted by atomic mass is 16.1. The maximum Gasteiger partial charge on any atom is 0.275 e. The Bertz CT molecular complexity index is 889. The van der Waals surface area contributed by atoms with Crippen LogP contribution in [0.5, 0.6) is 0 Å². The molecule has 6 nitrogen and oxygen atoms in total.